The molecule has 2 aromatic heterocycles. The number of halogens is 4. The molecule has 0 spiro atoms. The topological polar surface area (TPSA) is 108 Å². The first-order chi connectivity index (χ1) is 14.6. The molecule has 2 heterocycles. The van der Waals surface area contributed by atoms with Crippen LogP contribution in [0.5, 0.6) is 0 Å². The molecule has 11 heteroatoms. The number of rotatable bonds is 3. The highest BCUT2D eigenvalue weighted by molar-refractivity contribution is 6.30. The third-order valence-corrected chi connectivity index (χ3v) is 4.18. The van der Waals surface area contributed by atoms with E-state index in [4.69, 9.17) is 26.0 Å². The summed E-state index contributed by atoms with van der Waals surface area (Å²) in [7, 11) is 0. The van der Waals surface area contributed by atoms with Gasteiger partial charge in [-0.05, 0) is 48.5 Å². The molecule has 160 valence electrons. The number of nitrogens with one attached hydrogen (secondary N) is 2. The van der Waals surface area contributed by atoms with Crippen molar-refractivity contribution in [3.63, 3.8) is 0 Å². The molecular weight excluding hydrogens is 439 g/mol. The highest BCUT2D eigenvalue weighted by Gasteiger charge is 2.38. The Kier molecular flexibility index (Phi) is 6.30. The number of hydrogen-bond donors (Lipinski definition) is 3. The summed E-state index contributed by atoms with van der Waals surface area (Å²) in [5, 5.41) is 15.4. The molecule has 31 heavy (non-hydrogen) atoms. The van der Waals surface area contributed by atoms with Gasteiger partial charge in [0, 0.05) is 39.4 Å². The van der Waals surface area contributed by atoms with Gasteiger partial charge in [-0.2, -0.15) is 13.2 Å². The standard InChI is InChI=1S/C18H12ClN3O2.C2HF3O2/c19-13-3-1-11(2-4-13)17-10-16(22-24-17)18(23)21-14-5-6-15-12(9-14)7-8-20-15;3-2(4,5)1(6)7/h1-10,20H,(H,21,23);(H,6,7). The van der Waals surface area contributed by atoms with Gasteiger partial charge in [-0.3, -0.25) is 4.79 Å². The van der Waals surface area contributed by atoms with Crippen molar-refractivity contribution in [2.75, 3.05) is 5.32 Å². The van der Waals surface area contributed by atoms with Crippen LogP contribution >= 0.6 is 11.6 Å². The number of H-pyrrole nitrogens is 1. The molecule has 7 nitrogen and oxygen atoms in total. The van der Waals surface area contributed by atoms with E-state index in [9.17, 15) is 18.0 Å². The Morgan fingerprint density at radius 1 is 1.06 bits per heavy atom. The molecule has 0 bridgehead atoms. The minimum Gasteiger partial charge on any atom is -0.475 e. The number of fused-ring (bicyclic) bond motifs is 1. The number of carboxylic acid groups (broad SMARTS) is 1. The number of aliphatic carboxylic acids is 1. The molecule has 0 aliphatic carbocycles. The van der Waals surface area contributed by atoms with Gasteiger partial charge in [0.05, 0.1) is 0 Å². The maximum Gasteiger partial charge on any atom is 0.490 e. The molecule has 3 N–H and O–H groups in total. The quantitative estimate of drug-likeness (QED) is 0.388. The Hall–Kier alpha value is -3.79. The predicted octanol–water partition coefficient (Wildman–Crippen LogP) is 5.36. The maximum atomic E-state index is 12.3. The maximum absolute atomic E-state index is 12.3. The minimum absolute atomic E-state index is 0.217. The fourth-order valence-electron chi connectivity index (χ4n) is 2.46. The van der Waals surface area contributed by atoms with Crippen molar-refractivity contribution in [1.29, 1.82) is 0 Å². The van der Waals surface area contributed by atoms with E-state index >= 15 is 0 Å². The average molecular weight is 452 g/mol. The molecule has 0 saturated heterocycles. The Labute approximate surface area is 177 Å². The summed E-state index contributed by atoms with van der Waals surface area (Å²) in [5.74, 6) is -2.57. The van der Waals surface area contributed by atoms with Gasteiger partial charge in [0.25, 0.3) is 5.91 Å². The van der Waals surface area contributed by atoms with Gasteiger partial charge in [-0.25, -0.2) is 4.79 Å². The van der Waals surface area contributed by atoms with Crippen molar-refractivity contribution in [3.8, 4) is 11.3 Å². The number of aromatic nitrogens is 2. The van der Waals surface area contributed by atoms with Crippen molar-refractivity contribution in [2.24, 2.45) is 0 Å². The number of carbonyl (C=O) groups is 2. The van der Waals surface area contributed by atoms with Crippen molar-refractivity contribution < 1.29 is 32.4 Å². The Balaban J connectivity index is 0.000000339. The van der Waals surface area contributed by atoms with Crippen molar-refractivity contribution in [1.82, 2.24) is 10.1 Å². The number of carbonyl (C=O) groups excluding carboxylic acids is 1. The van der Waals surface area contributed by atoms with Crippen LogP contribution in [-0.4, -0.2) is 33.3 Å². The summed E-state index contributed by atoms with van der Waals surface area (Å²) in [6.45, 7) is 0. The molecule has 4 aromatic rings. The zero-order valence-electron chi connectivity index (χ0n) is 15.4. The summed E-state index contributed by atoms with van der Waals surface area (Å²) in [4.78, 5) is 24.3. The fourth-order valence-corrected chi connectivity index (χ4v) is 2.58. The van der Waals surface area contributed by atoms with E-state index in [0.717, 1.165) is 16.5 Å². The first-order valence-electron chi connectivity index (χ1n) is 8.55. The molecule has 0 aliphatic rings. The van der Waals surface area contributed by atoms with Crippen LogP contribution < -0.4 is 5.32 Å². The fraction of sp³-hybridized carbons (Fsp3) is 0.0500. The van der Waals surface area contributed by atoms with Crippen LogP contribution in [0.2, 0.25) is 5.02 Å². The molecule has 4 rings (SSSR count). The number of amides is 1. The van der Waals surface area contributed by atoms with Crippen molar-refractivity contribution in [2.45, 2.75) is 6.18 Å². The van der Waals surface area contributed by atoms with Crippen LogP contribution in [-0.2, 0) is 4.79 Å². The van der Waals surface area contributed by atoms with Gasteiger partial charge >= 0.3 is 12.1 Å². The summed E-state index contributed by atoms with van der Waals surface area (Å²) in [5.41, 5.74) is 2.73. The number of aromatic amines is 1. The van der Waals surface area contributed by atoms with Crippen LogP contribution in [0.15, 0.2) is 65.3 Å². The van der Waals surface area contributed by atoms with Gasteiger partial charge in [-0.15, -0.1) is 0 Å². The smallest absolute Gasteiger partial charge is 0.475 e. The molecule has 0 aliphatic heterocycles. The summed E-state index contributed by atoms with van der Waals surface area (Å²) >= 11 is 5.87. The first kappa shape index (κ1) is 21.9. The Bertz CT molecular complexity index is 1220. The number of anilines is 1. The minimum atomic E-state index is -5.08. The van der Waals surface area contributed by atoms with E-state index in [-0.39, 0.29) is 11.6 Å². The van der Waals surface area contributed by atoms with Gasteiger partial charge in [0.1, 0.15) is 0 Å². The number of alkyl halides is 3. The largest absolute Gasteiger partial charge is 0.490 e. The second-order valence-corrected chi connectivity index (χ2v) is 6.56. The molecule has 0 atom stereocenters. The van der Waals surface area contributed by atoms with E-state index in [1.165, 1.54) is 0 Å². The Morgan fingerprint density at radius 3 is 2.39 bits per heavy atom. The normalized spacial score (nSPS) is 11.0. The van der Waals surface area contributed by atoms with Gasteiger partial charge in [0.2, 0.25) is 0 Å². The van der Waals surface area contributed by atoms with E-state index in [1.807, 2.05) is 42.6 Å². The lowest BCUT2D eigenvalue weighted by Gasteiger charge is -2.02. The lowest BCUT2D eigenvalue weighted by atomic mass is 10.1. The van der Waals surface area contributed by atoms with E-state index in [1.54, 1.807) is 18.2 Å². The SMILES string of the molecule is O=C(Nc1ccc2[nH]ccc2c1)c1cc(-c2ccc(Cl)cc2)on1.O=C(O)C(F)(F)F. The zero-order valence-corrected chi connectivity index (χ0v) is 16.2. The second kappa shape index (κ2) is 8.92. The highest BCUT2D eigenvalue weighted by Crippen LogP contribution is 2.23. The van der Waals surface area contributed by atoms with E-state index in [2.05, 4.69) is 15.5 Å². The third kappa shape index (κ3) is 5.64. The predicted molar refractivity (Wildman–Crippen MR) is 107 cm³/mol. The van der Waals surface area contributed by atoms with E-state index in [0.29, 0.717) is 16.5 Å². The molecular formula is C20H13ClF3N3O4. The summed E-state index contributed by atoms with van der Waals surface area (Å²) in [6.07, 6.45) is -3.23. The van der Waals surface area contributed by atoms with Crippen LogP contribution in [0.3, 0.4) is 0 Å². The summed E-state index contributed by atoms with van der Waals surface area (Å²) < 4.78 is 37.0. The van der Waals surface area contributed by atoms with Crippen LogP contribution in [0.4, 0.5) is 18.9 Å². The molecule has 0 radical (unpaired) electrons. The van der Waals surface area contributed by atoms with E-state index < -0.39 is 12.1 Å². The average Bonchev–Trinajstić information content (AvgIpc) is 3.37. The molecule has 2 aromatic carbocycles. The first-order valence-corrected chi connectivity index (χ1v) is 8.92. The summed E-state index contributed by atoms with van der Waals surface area (Å²) in [6, 6.07) is 16.3. The number of nitrogens with zero attached hydrogens (tertiary/aromatic N) is 1. The molecule has 1 amide bonds. The lowest BCUT2D eigenvalue weighted by molar-refractivity contribution is -0.192. The monoisotopic (exact) mass is 451 g/mol. The van der Waals surface area contributed by atoms with Gasteiger partial charge < -0.3 is 19.9 Å². The van der Waals surface area contributed by atoms with Crippen LogP contribution in [0, 0.1) is 0 Å². The number of benzene rings is 2. The lowest BCUT2D eigenvalue weighted by Crippen LogP contribution is -2.21. The Morgan fingerprint density at radius 2 is 1.74 bits per heavy atom. The third-order valence-electron chi connectivity index (χ3n) is 3.93. The van der Waals surface area contributed by atoms with Crippen molar-refractivity contribution >= 4 is 40.1 Å². The number of hydrogen-bond acceptors (Lipinski definition) is 4. The number of carboxylic acids is 1. The zero-order chi connectivity index (χ0) is 22.6. The van der Waals surface area contributed by atoms with Gasteiger partial charge in [0.15, 0.2) is 11.5 Å². The molecule has 0 saturated carbocycles. The van der Waals surface area contributed by atoms with Crippen LogP contribution in [0.1, 0.15) is 10.5 Å². The highest BCUT2D eigenvalue weighted by atomic mass is 35.5. The van der Waals surface area contributed by atoms with Crippen LogP contribution in [0.25, 0.3) is 22.2 Å². The molecule has 0 unspecified atom stereocenters. The van der Waals surface area contributed by atoms with Crippen molar-refractivity contribution in [3.05, 3.63) is 71.5 Å². The molecule has 0 fully saturated rings. The second-order valence-electron chi connectivity index (χ2n) is 6.12. The van der Waals surface area contributed by atoms with Gasteiger partial charge in [-0.1, -0.05) is 16.8 Å².